The lowest BCUT2D eigenvalue weighted by Crippen LogP contribution is -2.20. The van der Waals surface area contributed by atoms with Crippen LogP contribution in [0.2, 0.25) is 0 Å². The van der Waals surface area contributed by atoms with E-state index in [2.05, 4.69) is 15.2 Å². The Bertz CT molecular complexity index is 706. The average Bonchev–Trinajstić information content (AvgIpc) is 2.73. The molecule has 0 aromatic carbocycles. The Balaban J connectivity index is 2.74. The number of pyridine rings is 1. The van der Waals surface area contributed by atoms with Gasteiger partial charge in [0, 0.05) is 12.2 Å². The summed E-state index contributed by atoms with van der Waals surface area (Å²) < 4.78 is 24.5. The van der Waals surface area contributed by atoms with Crippen LogP contribution in [0.5, 0.6) is 0 Å². The van der Waals surface area contributed by atoms with E-state index in [9.17, 15) is 8.42 Å². The first-order valence-electron chi connectivity index (χ1n) is 5.72. The van der Waals surface area contributed by atoms with Crippen LogP contribution in [0.3, 0.4) is 0 Å². The third kappa shape index (κ3) is 2.49. The molecule has 8 heteroatoms. The summed E-state index contributed by atoms with van der Waals surface area (Å²) in [6.07, 6.45) is 1.62. The zero-order chi connectivity index (χ0) is 14.2. The minimum Gasteiger partial charge on any atom is -0.293 e. The molecule has 0 aliphatic rings. The Kier molecular flexibility index (Phi) is 3.38. The van der Waals surface area contributed by atoms with Crippen LogP contribution in [0.15, 0.2) is 23.5 Å². The van der Waals surface area contributed by atoms with Crippen molar-refractivity contribution < 1.29 is 8.42 Å². The van der Waals surface area contributed by atoms with Crippen LogP contribution in [0.1, 0.15) is 25.5 Å². The fourth-order valence-corrected chi connectivity index (χ4v) is 2.54. The molecule has 2 rings (SSSR count). The maximum Gasteiger partial charge on any atom is 0.273 e. The van der Waals surface area contributed by atoms with Crippen molar-refractivity contribution in [1.82, 2.24) is 19.7 Å². The molecule has 0 amide bonds. The minimum atomic E-state index is -3.92. The van der Waals surface area contributed by atoms with Crippen LogP contribution in [-0.4, -0.2) is 28.2 Å². The Morgan fingerprint density at radius 3 is 2.53 bits per heavy atom. The molecule has 2 heterocycles. The second-order valence-electron chi connectivity index (χ2n) is 4.48. The van der Waals surface area contributed by atoms with Crippen molar-refractivity contribution in [3.63, 3.8) is 0 Å². The number of sulfonamides is 1. The van der Waals surface area contributed by atoms with E-state index in [4.69, 9.17) is 5.14 Å². The predicted octanol–water partition coefficient (Wildman–Crippen LogP) is 0.877. The van der Waals surface area contributed by atoms with Gasteiger partial charge in [0.1, 0.15) is 5.69 Å². The van der Waals surface area contributed by atoms with Crippen molar-refractivity contribution in [2.24, 2.45) is 5.14 Å². The molecule has 0 fully saturated rings. The first kappa shape index (κ1) is 13.6. The van der Waals surface area contributed by atoms with Gasteiger partial charge in [-0.3, -0.25) is 9.55 Å². The van der Waals surface area contributed by atoms with Crippen LogP contribution in [0, 0.1) is 6.92 Å². The van der Waals surface area contributed by atoms with Gasteiger partial charge in [0.05, 0.1) is 0 Å². The monoisotopic (exact) mass is 281 g/mol. The van der Waals surface area contributed by atoms with E-state index in [1.807, 2.05) is 26.8 Å². The molecule has 0 saturated heterocycles. The summed E-state index contributed by atoms with van der Waals surface area (Å²) in [4.78, 5) is 4.23. The molecule has 0 saturated carbocycles. The highest BCUT2D eigenvalue weighted by molar-refractivity contribution is 7.89. The zero-order valence-corrected chi connectivity index (χ0v) is 11.7. The molecular weight excluding hydrogens is 266 g/mol. The number of nitrogens with two attached hydrogens (primary N) is 1. The van der Waals surface area contributed by atoms with Gasteiger partial charge in [-0.25, -0.2) is 13.6 Å². The lowest BCUT2D eigenvalue weighted by Gasteiger charge is -2.13. The van der Waals surface area contributed by atoms with E-state index < -0.39 is 10.0 Å². The minimum absolute atomic E-state index is 0.153. The first-order valence-corrected chi connectivity index (χ1v) is 7.26. The normalized spacial score (nSPS) is 12.1. The topological polar surface area (TPSA) is 104 Å². The van der Waals surface area contributed by atoms with Crippen molar-refractivity contribution in [2.45, 2.75) is 32.0 Å². The summed E-state index contributed by atoms with van der Waals surface area (Å²) in [5, 5.41) is 12.5. The summed E-state index contributed by atoms with van der Waals surface area (Å²) in [6.45, 7) is 5.54. The number of hydrogen-bond donors (Lipinski definition) is 1. The van der Waals surface area contributed by atoms with Gasteiger partial charge in [0.2, 0.25) is 0 Å². The molecule has 0 spiro atoms. The molecule has 0 aliphatic heterocycles. The van der Waals surface area contributed by atoms with E-state index in [1.165, 1.54) is 4.57 Å². The number of rotatable bonds is 3. The van der Waals surface area contributed by atoms with Gasteiger partial charge >= 0.3 is 0 Å². The zero-order valence-electron chi connectivity index (χ0n) is 10.9. The van der Waals surface area contributed by atoms with Crippen molar-refractivity contribution in [3.8, 4) is 11.5 Å². The lowest BCUT2D eigenvalue weighted by molar-refractivity contribution is 0.524. The number of aromatic nitrogens is 4. The van der Waals surface area contributed by atoms with Crippen LogP contribution >= 0.6 is 0 Å². The Hall–Kier alpha value is -1.80. The molecular formula is C11H15N5O2S. The van der Waals surface area contributed by atoms with Crippen LogP contribution < -0.4 is 5.14 Å². The van der Waals surface area contributed by atoms with Gasteiger partial charge < -0.3 is 0 Å². The summed E-state index contributed by atoms with van der Waals surface area (Å²) in [5.74, 6) is 0.400. The van der Waals surface area contributed by atoms with E-state index in [-0.39, 0.29) is 11.2 Å². The summed E-state index contributed by atoms with van der Waals surface area (Å²) in [6, 6.07) is 3.52. The molecule has 0 bridgehead atoms. The Morgan fingerprint density at radius 2 is 2.00 bits per heavy atom. The second-order valence-corrected chi connectivity index (χ2v) is 5.94. The van der Waals surface area contributed by atoms with Crippen molar-refractivity contribution in [3.05, 3.63) is 23.9 Å². The second kappa shape index (κ2) is 4.71. The largest absolute Gasteiger partial charge is 0.293 e. The highest BCUT2D eigenvalue weighted by Crippen LogP contribution is 2.24. The van der Waals surface area contributed by atoms with Crippen LogP contribution in [-0.2, 0) is 10.0 Å². The summed E-state index contributed by atoms with van der Waals surface area (Å²) >= 11 is 0. The predicted molar refractivity (Wildman–Crippen MR) is 69.7 cm³/mol. The van der Waals surface area contributed by atoms with Crippen LogP contribution in [0.4, 0.5) is 0 Å². The third-order valence-corrected chi connectivity index (χ3v) is 3.44. The first-order chi connectivity index (χ1) is 8.82. The maximum absolute atomic E-state index is 11.5. The molecule has 0 aliphatic carbocycles. The SMILES string of the molecule is Cc1cccnc1-c1nnc(S(N)(=O)=O)n1C(C)C. The van der Waals surface area contributed by atoms with E-state index >= 15 is 0 Å². The molecule has 102 valence electrons. The fourth-order valence-electron chi connectivity index (χ4n) is 1.82. The molecule has 19 heavy (non-hydrogen) atoms. The van der Waals surface area contributed by atoms with Gasteiger partial charge in [-0.1, -0.05) is 6.07 Å². The van der Waals surface area contributed by atoms with Gasteiger partial charge in [-0.2, -0.15) is 0 Å². The van der Waals surface area contributed by atoms with Gasteiger partial charge in [0.15, 0.2) is 5.82 Å². The van der Waals surface area contributed by atoms with Gasteiger partial charge in [-0.05, 0) is 32.4 Å². The number of primary sulfonamides is 1. The third-order valence-electron chi connectivity index (χ3n) is 2.66. The molecule has 2 aromatic heterocycles. The van der Waals surface area contributed by atoms with Crippen molar-refractivity contribution in [2.75, 3.05) is 0 Å². The van der Waals surface area contributed by atoms with Crippen molar-refractivity contribution in [1.29, 1.82) is 0 Å². The van der Waals surface area contributed by atoms with Gasteiger partial charge in [-0.15, -0.1) is 10.2 Å². The number of hydrogen-bond acceptors (Lipinski definition) is 5. The van der Waals surface area contributed by atoms with E-state index in [1.54, 1.807) is 12.3 Å². The number of aryl methyl sites for hydroxylation is 1. The molecule has 0 atom stereocenters. The summed E-state index contributed by atoms with van der Waals surface area (Å²) in [5.41, 5.74) is 1.48. The molecule has 0 radical (unpaired) electrons. The van der Waals surface area contributed by atoms with E-state index in [0.717, 1.165) is 5.56 Å². The molecule has 2 aromatic rings. The fraction of sp³-hybridized carbons (Fsp3) is 0.364. The summed E-state index contributed by atoms with van der Waals surface area (Å²) in [7, 11) is -3.92. The van der Waals surface area contributed by atoms with Crippen LogP contribution in [0.25, 0.3) is 11.5 Å². The highest BCUT2D eigenvalue weighted by Gasteiger charge is 2.24. The van der Waals surface area contributed by atoms with Gasteiger partial charge in [0.25, 0.3) is 15.2 Å². The Labute approximate surface area is 111 Å². The van der Waals surface area contributed by atoms with Crippen molar-refractivity contribution >= 4 is 10.0 Å². The molecule has 7 nitrogen and oxygen atoms in total. The average molecular weight is 281 g/mol. The number of nitrogens with zero attached hydrogens (tertiary/aromatic N) is 4. The lowest BCUT2D eigenvalue weighted by atomic mass is 10.2. The molecule has 0 unspecified atom stereocenters. The standard InChI is InChI=1S/C11H15N5O2S/c1-7(2)16-10(9-8(3)5-4-6-13-9)14-15-11(16)19(12,17)18/h4-7H,1-3H3,(H2,12,17,18). The Morgan fingerprint density at radius 1 is 1.32 bits per heavy atom. The maximum atomic E-state index is 11.5. The molecule has 2 N–H and O–H groups in total. The quantitative estimate of drug-likeness (QED) is 0.899. The smallest absolute Gasteiger partial charge is 0.273 e. The highest BCUT2D eigenvalue weighted by atomic mass is 32.2. The van der Waals surface area contributed by atoms with E-state index in [0.29, 0.717) is 11.5 Å².